The van der Waals surface area contributed by atoms with Gasteiger partial charge in [0, 0.05) is 12.6 Å². The molecule has 0 saturated heterocycles. The Hall–Kier alpha value is -1.59. The minimum atomic E-state index is -0.626. The second-order valence-corrected chi connectivity index (χ2v) is 6.27. The Morgan fingerprint density at radius 1 is 1.45 bits per heavy atom. The molecule has 22 heavy (non-hydrogen) atoms. The van der Waals surface area contributed by atoms with Crippen molar-refractivity contribution in [2.75, 3.05) is 26.7 Å². The molecule has 1 unspecified atom stereocenters. The molecule has 0 radical (unpaired) electrons. The smallest absolute Gasteiger partial charge is 0.234 e. The van der Waals surface area contributed by atoms with Crippen LogP contribution in [0.25, 0.3) is 0 Å². The molecule has 5 nitrogen and oxygen atoms in total. The maximum Gasteiger partial charge on any atom is 0.234 e. The van der Waals surface area contributed by atoms with E-state index in [1.54, 1.807) is 0 Å². The zero-order valence-corrected chi connectivity index (χ0v) is 13.6. The fourth-order valence-corrected chi connectivity index (χ4v) is 2.27. The number of aliphatic hydroxyl groups is 1. The molecular weight excluding hydrogens is 280 g/mol. The number of carbonyl (C=O) groups excluding carboxylic acids is 1. The second-order valence-electron chi connectivity index (χ2n) is 6.27. The molecule has 122 valence electrons. The Labute approximate surface area is 132 Å². The van der Waals surface area contributed by atoms with Crippen LogP contribution in [-0.4, -0.2) is 54.8 Å². The quantitative estimate of drug-likeness (QED) is 0.759. The lowest BCUT2D eigenvalue weighted by Gasteiger charge is -2.20. The van der Waals surface area contributed by atoms with Crippen LogP contribution in [0.2, 0.25) is 0 Å². The Morgan fingerprint density at radius 3 is 2.86 bits per heavy atom. The number of nitrogens with zero attached hydrogens (tertiary/aromatic N) is 1. The predicted octanol–water partition coefficient (Wildman–Crippen LogP) is 1.25. The number of aliphatic hydroxyl groups excluding tert-OH is 1. The third-order valence-electron chi connectivity index (χ3n) is 3.65. The van der Waals surface area contributed by atoms with E-state index < -0.39 is 6.10 Å². The van der Waals surface area contributed by atoms with Gasteiger partial charge in [-0.25, -0.2) is 0 Å². The molecule has 2 N–H and O–H groups in total. The highest BCUT2D eigenvalue weighted by Gasteiger charge is 2.23. The molecule has 5 heteroatoms. The average molecular weight is 306 g/mol. The van der Waals surface area contributed by atoms with Gasteiger partial charge in [-0.05, 0) is 50.9 Å². The van der Waals surface area contributed by atoms with Crippen LogP contribution in [0.3, 0.4) is 0 Å². The Morgan fingerprint density at radius 2 is 2.18 bits per heavy atom. The van der Waals surface area contributed by atoms with Crippen LogP contribution < -0.4 is 10.1 Å². The van der Waals surface area contributed by atoms with Crippen LogP contribution in [0.15, 0.2) is 18.2 Å². The lowest BCUT2D eigenvalue weighted by Crippen LogP contribution is -2.40. The molecule has 0 aliphatic heterocycles. The normalized spacial score (nSPS) is 15.7. The Balaban J connectivity index is 1.71. The molecule has 0 heterocycles. The summed E-state index contributed by atoms with van der Waals surface area (Å²) in [5.41, 5.74) is 2.18. The third-order valence-corrected chi connectivity index (χ3v) is 3.65. The van der Waals surface area contributed by atoms with Crippen molar-refractivity contribution >= 4 is 5.91 Å². The number of amides is 1. The van der Waals surface area contributed by atoms with Crippen LogP contribution in [0.4, 0.5) is 0 Å². The summed E-state index contributed by atoms with van der Waals surface area (Å²) in [5, 5.41) is 13.0. The van der Waals surface area contributed by atoms with Gasteiger partial charge in [0.25, 0.3) is 0 Å². The first-order valence-corrected chi connectivity index (χ1v) is 7.80. The van der Waals surface area contributed by atoms with Crippen molar-refractivity contribution in [2.24, 2.45) is 0 Å². The fourth-order valence-electron chi connectivity index (χ4n) is 2.27. The largest absolute Gasteiger partial charge is 0.491 e. The fraction of sp³-hybridized carbons (Fsp3) is 0.588. The molecular formula is C17H26N2O3. The average Bonchev–Trinajstić information content (AvgIpc) is 3.23. The van der Waals surface area contributed by atoms with Crippen LogP contribution in [0.1, 0.15) is 24.0 Å². The molecule has 0 aromatic heterocycles. The van der Waals surface area contributed by atoms with Gasteiger partial charge in [-0.15, -0.1) is 0 Å². The van der Waals surface area contributed by atoms with E-state index in [1.165, 1.54) is 0 Å². The zero-order valence-electron chi connectivity index (χ0n) is 13.6. The standard InChI is InChI=1S/C17H26N2O3/c1-12-4-5-13(2)16(8-12)22-11-15(20)9-19(3)10-17(21)18-14-6-7-14/h4-5,8,14-15,20H,6-7,9-11H2,1-3H3,(H,18,21). The van der Waals surface area contributed by atoms with Gasteiger partial charge >= 0.3 is 0 Å². The maximum atomic E-state index is 11.7. The number of hydrogen-bond donors (Lipinski definition) is 2. The van der Waals surface area contributed by atoms with E-state index in [4.69, 9.17) is 4.74 Å². The highest BCUT2D eigenvalue weighted by molar-refractivity contribution is 5.78. The number of ether oxygens (including phenoxy) is 1. The van der Waals surface area contributed by atoms with Gasteiger partial charge in [-0.2, -0.15) is 0 Å². The van der Waals surface area contributed by atoms with Crippen molar-refractivity contribution in [2.45, 2.75) is 38.8 Å². The summed E-state index contributed by atoms with van der Waals surface area (Å²) < 4.78 is 5.68. The summed E-state index contributed by atoms with van der Waals surface area (Å²) in [7, 11) is 1.83. The number of likely N-dealkylation sites (N-methyl/N-ethyl adjacent to an activating group) is 1. The van der Waals surface area contributed by atoms with E-state index in [9.17, 15) is 9.90 Å². The highest BCUT2D eigenvalue weighted by atomic mass is 16.5. The third kappa shape index (κ3) is 5.66. The molecule has 0 bridgehead atoms. The number of rotatable bonds is 8. The van der Waals surface area contributed by atoms with Crippen molar-refractivity contribution in [1.82, 2.24) is 10.2 Å². The zero-order chi connectivity index (χ0) is 16.1. The van der Waals surface area contributed by atoms with Gasteiger partial charge in [0.05, 0.1) is 6.54 Å². The van der Waals surface area contributed by atoms with Crippen LogP contribution in [-0.2, 0) is 4.79 Å². The Bertz CT molecular complexity index is 515. The first kappa shape index (κ1) is 16.8. The molecule has 0 spiro atoms. The first-order valence-electron chi connectivity index (χ1n) is 7.80. The minimum Gasteiger partial charge on any atom is -0.491 e. The molecule has 1 aromatic carbocycles. The van der Waals surface area contributed by atoms with Crippen molar-refractivity contribution in [3.05, 3.63) is 29.3 Å². The number of carbonyl (C=O) groups is 1. The summed E-state index contributed by atoms with van der Waals surface area (Å²) >= 11 is 0. The molecule has 1 amide bonds. The molecule has 1 atom stereocenters. The van der Waals surface area contributed by atoms with Gasteiger partial charge in [-0.3, -0.25) is 9.69 Å². The summed E-state index contributed by atoms with van der Waals surface area (Å²) in [6, 6.07) is 6.38. The van der Waals surface area contributed by atoms with Crippen molar-refractivity contribution in [1.29, 1.82) is 0 Å². The van der Waals surface area contributed by atoms with E-state index in [1.807, 2.05) is 44.0 Å². The number of nitrogens with one attached hydrogen (secondary N) is 1. The summed E-state index contributed by atoms with van der Waals surface area (Å²) in [6.45, 7) is 4.92. The highest BCUT2D eigenvalue weighted by Crippen LogP contribution is 2.19. The maximum absolute atomic E-state index is 11.7. The molecule has 1 saturated carbocycles. The number of aryl methyl sites for hydroxylation is 2. The van der Waals surface area contributed by atoms with E-state index in [-0.39, 0.29) is 12.5 Å². The number of benzene rings is 1. The van der Waals surface area contributed by atoms with E-state index in [0.717, 1.165) is 29.7 Å². The Kier molecular flexibility index (Phi) is 5.80. The molecule has 1 fully saturated rings. The van der Waals surface area contributed by atoms with Gasteiger partial charge in [0.1, 0.15) is 18.5 Å². The lowest BCUT2D eigenvalue weighted by molar-refractivity contribution is -0.122. The van der Waals surface area contributed by atoms with Crippen LogP contribution in [0.5, 0.6) is 5.75 Å². The molecule has 2 rings (SSSR count). The molecule has 1 aliphatic carbocycles. The van der Waals surface area contributed by atoms with Gasteiger partial charge in [0.2, 0.25) is 5.91 Å². The summed E-state index contributed by atoms with van der Waals surface area (Å²) in [6.07, 6.45) is 1.54. The SMILES string of the molecule is Cc1ccc(C)c(OCC(O)CN(C)CC(=O)NC2CC2)c1. The molecule has 1 aromatic rings. The lowest BCUT2D eigenvalue weighted by atomic mass is 10.1. The summed E-state index contributed by atoms with van der Waals surface area (Å²) in [4.78, 5) is 13.5. The number of hydrogen-bond acceptors (Lipinski definition) is 4. The predicted molar refractivity (Wildman–Crippen MR) is 86.1 cm³/mol. The van der Waals surface area contributed by atoms with E-state index in [0.29, 0.717) is 19.1 Å². The first-order chi connectivity index (χ1) is 10.4. The summed E-state index contributed by atoms with van der Waals surface area (Å²) in [5.74, 6) is 0.820. The minimum absolute atomic E-state index is 0.0210. The van der Waals surface area contributed by atoms with Crippen molar-refractivity contribution in [3.63, 3.8) is 0 Å². The monoisotopic (exact) mass is 306 g/mol. The van der Waals surface area contributed by atoms with Crippen molar-refractivity contribution in [3.8, 4) is 5.75 Å². The van der Waals surface area contributed by atoms with Crippen LogP contribution in [0, 0.1) is 13.8 Å². The van der Waals surface area contributed by atoms with Gasteiger partial charge in [0.15, 0.2) is 0 Å². The molecule has 1 aliphatic rings. The van der Waals surface area contributed by atoms with E-state index in [2.05, 4.69) is 5.32 Å². The second kappa shape index (κ2) is 7.61. The van der Waals surface area contributed by atoms with Gasteiger partial charge in [-0.1, -0.05) is 12.1 Å². The van der Waals surface area contributed by atoms with Gasteiger partial charge < -0.3 is 15.2 Å². The van der Waals surface area contributed by atoms with E-state index >= 15 is 0 Å². The van der Waals surface area contributed by atoms with Crippen molar-refractivity contribution < 1.29 is 14.6 Å². The van der Waals surface area contributed by atoms with Crippen LogP contribution >= 0.6 is 0 Å². The topological polar surface area (TPSA) is 61.8 Å².